The zero-order chi connectivity index (χ0) is 12.7. The Morgan fingerprint density at radius 1 is 1.47 bits per heavy atom. The van der Waals surface area contributed by atoms with Crippen LogP contribution in [0.15, 0.2) is 0 Å². The molecule has 0 amide bonds. The highest BCUT2D eigenvalue weighted by Crippen LogP contribution is 2.47. The number of rotatable bonds is 2. The van der Waals surface area contributed by atoms with Crippen LogP contribution in [0.4, 0.5) is 0 Å². The van der Waals surface area contributed by atoms with E-state index in [2.05, 4.69) is 5.32 Å². The van der Waals surface area contributed by atoms with Gasteiger partial charge in [0.1, 0.15) is 16.6 Å². The normalized spacial score (nSPS) is 36.9. The third-order valence-corrected chi connectivity index (χ3v) is 3.74. The van der Waals surface area contributed by atoms with Gasteiger partial charge < -0.3 is 20.5 Å². The van der Waals surface area contributed by atoms with Crippen LogP contribution in [0.3, 0.4) is 0 Å². The van der Waals surface area contributed by atoms with Gasteiger partial charge in [0, 0.05) is 26.2 Å². The van der Waals surface area contributed by atoms with Gasteiger partial charge in [-0.2, -0.15) is 0 Å². The van der Waals surface area contributed by atoms with Crippen molar-refractivity contribution in [3.8, 4) is 0 Å². The Bertz CT molecular complexity index is 312. The summed E-state index contributed by atoms with van der Waals surface area (Å²) >= 11 is 0. The standard InChI is InChI=1S/C12H22N2O3/c1-10(2,3)17-9(15)11-4-5-16-12(11,6-13)8-14-7-11/h14H,4-8,13H2,1-3H3. The number of fused-ring (bicyclic) bond motifs is 1. The van der Waals surface area contributed by atoms with E-state index in [-0.39, 0.29) is 5.97 Å². The van der Waals surface area contributed by atoms with Crippen LogP contribution in [0.2, 0.25) is 0 Å². The summed E-state index contributed by atoms with van der Waals surface area (Å²) in [5, 5.41) is 3.22. The molecular weight excluding hydrogens is 220 g/mol. The summed E-state index contributed by atoms with van der Waals surface area (Å²) in [6.45, 7) is 7.79. The molecule has 0 radical (unpaired) electrons. The molecule has 0 aromatic carbocycles. The predicted octanol–water partition coefficient (Wildman–Crippen LogP) is 0.0355. The number of nitrogens with two attached hydrogens (primary N) is 1. The number of ether oxygens (including phenoxy) is 2. The predicted molar refractivity (Wildman–Crippen MR) is 63.5 cm³/mol. The summed E-state index contributed by atoms with van der Waals surface area (Å²) in [6, 6.07) is 0. The Hall–Kier alpha value is -0.650. The quantitative estimate of drug-likeness (QED) is 0.669. The van der Waals surface area contributed by atoms with Crippen molar-refractivity contribution in [3.63, 3.8) is 0 Å². The number of hydrogen-bond acceptors (Lipinski definition) is 5. The van der Waals surface area contributed by atoms with Crippen LogP contribution in [-0.4, -0.2) is 43.4 Å². The van der Waals surface area contributed by atoms with E-state index in [0.29, 0.717) is 32.7 Å². The number of esters is 1. The maximum absolute atomic E-state index is 12.4. The van der Waals surface area contributed by atoms with Crippen LogP contribution in [0.25, 0.3) is 0 Å². The van der Waals surface area contributed by atoms with Crippen LogP contribution < -0.4 is 11.1 Å². The highest BCUT2D eigenvalue weighted by atomic mass is 16.6. The molecule has 2 fully saturated rings. The fourth-order valence-corrected chi connectivity index (χ4v) is 2.80. The molecule has 17 heavy (non-hydrogen) atoms. The van der Waals surface area contributed by atoms with E-state index in [1.165, 1.54) is 0 Å². The molecule has 5 heteroatoms. The molecule has 2 saturated heterocycles. The Labute approximate surface area is 102 Å². The first-order valence-corrected chi connectivity index (χ1v) is 6.13. The van der Waals surface area contributed by atoms with Crippen molar-refractivity contribution in [1.29, 1.82) is 0 Å². The minimum atomic E-state index is -0.602. The van der Waals surface area contributed by atoms with Crippen LogP contribution in [-0.2, 0) is 14.3 Å². The van der Waals surface area contributed by atoms with E-state index in [0.717, 1.165) is 0 Å². The first kappa shape index (κ1) is 12.8. The largest absolute Gasteiger partial charge is 0.459 e. The van der Waals surface area contributed by atoms with Crippen LogP contribution >= 0.6 is 0 Å². The minimum Gasteiger partial charge on any atom is -0.459 e. The Balaban J connectivity index is 2.25. The van der Waals surface area contributed by atoms with Gasteiger partial charge in [-0.3, -0.25) is 4.79 Å². The number of carbonyl (C=O) groups excluding carboxylic acids is 1. The van der Waals surface area contributed by atoms with Crippen molar-refractivity contribution in [3.05, 3.63) is 0 Å². The zero-order valence-electron chi connectivity index (χ0n) is 10.8. The topological polar surface area (TPSA) is 73.6 Å². The summed E-state index contributed by atoms with van der Waals surface area (Å²) in [5.74, 6) is -0.182. The molecule has 2 aliphatic rings. The number of nitrogens with one attached hydrogen (secondary N) is 1. The van der Waals surface area contributed by atoms with Gasteiger partial charge in [-0.1, -0.05) is 0 Å². The van der Waals surface area contributed by atoms with Gasteiger partial charge in [-0.05, 0) is 27.2 Å². The summed E-state index contributed by atoms with van der Waals surface area (Å²) in [6.07, 6.45) is 0.687. The zero-order valence-corrected chi connectivity index (χ0v) is 10.8. The second kappa shape index (κ2) is 3.93. The van der Waals surface area contributed by atoms with E-state index in [4.69, 9.17) is 15.2 Å². The van der Waals surface area contributed by atoms with Crippen molar-refractivity contribution in [1.82, 2.24) is 5.32 Å². The lowest BCUT2D eigenvalue weighted by Crippen LogP contribution is -2.55. The van der Waals surface area contributed by atoms with Gasteiger partial charge in [-0.15, -0.1) is 0 Å². The highest BCUT2D eigenvalue weighted by Gasteiger charge is 2.64. The molecule has 2 unspecified atom stereocenters. The van der Waals surface area contributed by atoms with Gasteiger partial charge in [0.2, 0.25) is 0 Å². The first-order chi connectivity index (χ1) is 7.85. The smallest absolute Gasteiger partial charge is 0.317 e. The molecule has 0 aromatic rings. The molecule has 2 rings (SSSR count). The second-order valence-corrected chi connectivity index (χ2v) is 5.98. The van der Waals surface area contributed by atoms with Gasteiger partial charge in [0.25, 0.3) is 0 Å². The van der Waals surface area contributed by atoms with Crippen LogP contribution in [0.5, 0.6) is 0 Å². The van der Waals surface area contributed by atoms with Crippen molar-refractivity contribution < 1.29 is 14.3 Å². The monoisotopic (exact) mass is 242 g/mol. The molecular formula is C12H22N2O3. The summed E-state index contributed by atoms with van der Waals surface area (Å²) < 4.78 is 11.3. The minimum absolute atomic E-state index is 0.182. The number of hydrogen-bond donors (Lipinski definition) is 2. The van der Waals surface area contributed by atoms with E-state index in [1.54, 1.807) is 0 Å². The van der Waals surface area contributed by atoms with E-state index < -0.39 is 16.6 Å². The maximum atomic E-state index is 12.4. The molecule has 0 saturated carbocycles. The van der Waals surface area contributed by atoms with Gasteiger partial charge >= 0.3 is 5.97 Å². The fourth-order valence-electron chi connectivity index (χ4n) is 2.80. The molecule has 0 aliphatic carbocycles. The lowest BCUT2D eigenvalue weighted by Gasteiger charge is -2.36. The Morgan fingerprint density at radius 3 is 2.76 bits per heavy atom. The third-order valence-electron chi connectivity index (χ3n) is 3.74. The molecule has 98 valence electrons. The lowest BCUT2D eigenvalue weighted by atomic mass is 9.74. The molecule has 5 nitrogen and oxygen atoms in total. The number of carbonyl (C=O) groups is 1. The second-order valence-electron chi connectivity index (χ2n) is 5.98. The van der Waals surface area contributed by atoms with E-state index >= 15 is 0 Å². The molecule has 0 bridgehead atoms. The molecule has 2 atom stereocenters. The van der Waals surface area contributed by atoms with Crippen molar-refractivity contribution in [2.75, 3.05) is 26.2 Å². The van der Waals surface area contributed by atoms with Crippen LogP contribution in [0, 0.1) is 5.41 Å². The summed E-state index contributed by atoms with van der Waals surface area (Å²) in [5.41, 5.74) is 4.17. The molecule has 0 aromatic heterocycles. The lowest BCUT2D eigenvalue weighted by molar-refractivity contribution is -0.173. The molecule has 2 aliphatic heterocycles. The fraction of sp³-hybridized carbons (Fsp3) is 0.917. The Kier molecular flexibility index (Phi) is 2.96. The highest BCUT2D eigenvalue weighted by molar-refractivity contribution is 5.80. The van der Waals surface area contributed by atoms with Gasteiger partial charge in [0.15, 0.2) is 0 Å². The SMILES string of the molecule is CC(C)(C)OC(=O)C12CCOC1(CN)CNC2. The van der Waals surface area contributed by atoms with E-state index in [9.17, 15) is 4.79 Å². The van der Waals surface area contributed by atoms with E-state index in [1.807, 2.05) is 20.8 Å². The maximum Gasteiger partial charge on any atom is 0.317 e. The molecule has 2 heterocycles. The molecule has 3 N–H and O–H groups in total. The first-order valence-electron chi connectivity index (χ1n) is 6.13. The Morgan fingerprint density at radius 2 is 2.18 bits per heavy atom. The molecule has 0 spiro atoms. The van der Waals surface area contributed by atoms with Gasteiger partial charge in [0.05, 0.1) is 0 Å². The summed E-state index contributed by atoms with van der Waals surface area (Å²) in [4.78, 5) is 12.4. The van der Waals surface area contributed by atoms with Crippen molar-refractivity contribution >= 4 is 5.97 Å². The van der Waals surface area contributed by atoms with Crippen molar-refractivity contribution in [2.45, 2.75) is 38.4 Å². The average molecular weight is 242 g/mol. The average Bonchev–Trinajstić information content (AvgIpc) is 2.69. The summed E-state index contributed by atoms with van der Waals surface area (Å²) in [7, 11) is 0. The van der Waals surface area contributed by atoms with Crippen molar-refractivity contribution in [2.24, 2.45) is 11.1 Å². The third kappa shape index (κ3) is 1.86. The van der Waals surface area contributed by atoms with Crippen LogP contribution in [0.1, 0.15) is 27.2 Å². The van der Waals surface area contributed by atoms with Gasteiger partial charge in [-0.25, -0.2) is 0 Å².